The van der Waals surface area contributed by atoms with E-state index < -0.39 is 5.91 Å². The third-order valence-electron chi connectivity index (χ3n) is 4.34. The lowest BCUT2D eigenvalue weighted by Crippen LogP contribution is -2.28. The second kappa shape index (κ2) is 10.7. The number of halogens is 1. The van der Waals surface area contributed by atoms with Crippen molar-refractivity contribution in [2.45, 2.75) is 19.4 Å². The fourth-order valence-corrected chi connectivity index (χ4v) is 2.67. The third kappa shape index (κ3) is 6.25. The van der Waals surface area contributed by atoms with E-state index in [2.05, 4.69) is 10.6 Å². The lowest BCUT2D eigenvalue weighted by atomic mass is 10.1. The molecule has 29 heavy (non-hydrogen) atoms. The highest BCUT2D eigenvalue weighted by Gasteiger charge is 2.15. The number of rotatable bonds is 9. The molecule has 0 aliphatic rings. The van der Waals surface area contributed by atoms with Crippen molar-refractivity contribution in [2.75, 3.05) is 20.8 Å². The molecule has 1 atom stereocenters. The molecule has 0 aromatic heterocycles. The predicted octanol–water partition coefficient (Wildman–Crippen LogP) is 3.26. The van der Waals surface area contributed by atoms with Gasteiger partial charge in [0.1, 0.15) is 17.5 Å². The number of nitrogens with one attached hydrogen (secondary N) is 2. The first kappa shape index (κ1) is 21.8. The average Bonchev–Trinajstić information content (AvgIpc) is 2.74. The molecule has 0 radical (unpaired) electrons. The van der Waals surface area contributed by atoms with Crippen molar-refractivity contribution < 1.29 is 18.7 Å². The Morgan fingerprint density at radius 1 is 1.17 bits per heavy atom. The minimum absolute atomic E-state index is 0.0311. The van der Waals surface area contributed by atoms with Crippen molar-refractivity contribution in [3.63, 3.8) is 0 Å². The molecule has 0 fully saturated rings. The largest absolute Gasteiger partial charge is 0.493 e. The molecule has 0 aliphatic carbocycles. The van der Waals surface area contributed by atoms with E-state index in [1.807, 2.05) is 19.1 Å². The Kier molecular flexibility index (Phi) is 8.04. The maximum atomic E-state index is 12.9. The predicted molar refractivity (Wildman–Crippen MR) is 108 cm³/mol. The van der Waals surface area contributed by atoms with Crippen molar-refractivity contribution in [3.8, 4) is 17.6 Å². The molecule has 7 heteroatoms. The van der Waals surface area contributed by atoms with Crippen LogP contribution in [0.25, 0.3) is 0 Å². The summed E-state index contributed by atoms with van der Waals surface area (Å²) in [5.41, 5.74) is 1.74. The Labute approximate surface area is 169 Å². The van der Waals surface area contributed by atoms with Crippen LogP contribution in [0.3, 0.4) is 0 Å². The summed E-state index contributed by atoms with van der Waals surface area (Å²) in [5, 5.41) is 15.0. The zero-order chi connectivity index (χ0) is 21.2. The van der Waals surface area contributed by atoms with E-state index in [1.165, 1.54) is 18.3 Å². The quantitative estimate of drug-likeness (QED) is 0.386. The number of hydrogen-bond acceptors (Lipinski definition) is 5. The highest BCUT2D eigenvalue weighted by molar-refractivity contribution is 5.97. The number of ether oxygens (including phenoxy) is 2. The van der Waals surface area contributed by atoms with Gasteiger partial charge in [-0.2, -0.15) is 5.26 Å². The monoisotopic (exact) mass is 397 g/mol. The highest BCUT2D eigenvalue weighted by Crippen LogP contribution is 2.29. The molecule has 152 valence electrons. The van der Waals surface area contributed by atoms with Crippen LogP contribution >= 0.6 is 0 Å². The molecule has 2 rings (SSSR count). The molecule has 1 amide bonds. The molecule has 2 aromatic rings. The van der Waals surface area contributed by atoms with E-state index in [0.29, 0.717) is 24.5 Å². The molecule has 0 saturated heterocycles. The van der Waals surface area contributed by atoms with Crippen molar-refractivity contribution in [3.05, 3.63) is 71.2 Å². The first-order chi connectivity index (χ1) is 14.0. The fourth-order valence-electron chi connectivity index (χ4n) is 2.67. The minimum atomic E-state index is -0.482. The first-order valence-corrected chi connectivity index (χ1v) is 9.09. The Balaban J connectivity index is 1.93. The van der Waals surface area contributed by atoms with Crippen LogP contribution in [0, 0.1) is 17.1 Å². The Bertz CT molecular complexity index is 905. The second-order valence-corrected chi connectivity index (χ2v) is 6.31. The number of carbonyl (C=O) groups is 1. The lowest BCUT2D eigenvalue weighted by molar-refractivity contribution is -0.117. The summed E-state index contributed by atoms with van der Waals surface area (Å²) in [7, 11) is 3.09. The van der Waals surface area contributed by atoms with Crippen LogP contribution in [0.1, 0.15) is 24.1 Å². The maximum absolute atomic E-state index is 12.9. The molecular weight excluding hydrogens is 373 g/mol. The fraction of sp³-hybridized carbons (Fsp3) is 0.273. The molecule has 0 bridgehead atoms. The maximum Gasteiger partial charge on any atom is 0.263 e. The van der Waals surface area contributed by atoms with Crippen LogP contribution in [0.15, 0.2) is 54.2 Å². The van der Waals surface area contributed by atoms with Crippen LogP contribution in [0.4, 0.5) is 4.39 Å². The Hall–Kier alpha value is -3.53. The number of carbonyl (C=O) groups excluding carboxylic acids is 1. The van der Waals surface area contributed by atoms with Crippen molar-refractivity contribution >= 4 is 5.91 Å². The van der Waals surface area contributed by atoms with Crippen molar-refractivity contribution in [1.82, 2.24) is 10.6 Å². The number of amides is 1. The van der Waals surface area contributed by atoms with Gasteiger partial charge in [-0.15, -0.1) is 0 Å². The van der Waals surface area contributed by atoms with E-state index >= 15 is 0 Å². The average molecular weight is 397 g/mol. The van der Waals surface area contributed by atoms with Crippen LogP contribution in [0.2, 0.25) is 0 Å². The van der Waals surface area contributed by atoms with Gasteiger partial charge >= 0.3 is 0 Å². The van der Waals surface area contributed by atoms with Gasteiger partial charge in [0.15, 0.2) is 11.5 Å². The number of methoxy groups -OCH3 is 2. The van der Waals surface area contributed by atoms with Gasteiger partial charge in [0.2, 0.25) is 0 Å². The summed E-state index contributed by atoms with van der Waals surface area (Å²) in [6.45, 7) is 2.32. The van der Waals surface area contributed by atoms with Crippen molar-refractivity contribution in [2.24, 2.45) is 0 Å². The van der Waals surface area contributed by atoms with E-state index in [1.54, 1.807) is 38.5 Å². The molecule has 0 spiro atoms. The molecule has 0 aliphatic heterocycles. The van der Waals surface area contributed by atoms with Gasteiger partial charge < -0.3 is 20.1 Å². The van der Waals surface area contributed by atoms with E-state index in [9.17, 15) is 14.4 Å². The number of benzene rings is 2. The van der Waals surface area contributed by atoms with Crippen LogP contribution in [-0.4, -0.2) is 26.7 Å². The zero-order valence-electron chi connectivity index (χ0n) is 16.7. The van der Waals surface area contributed by atoms with Crippen LogP contribution in [-0.2, 0) is 11.2 Å². The Morgan fingerprint density at radius 2 is 1.86 bits per heavy atom. The number of nitriles is 1. The van der Waals surface area contributed by atoms with Crippen LogP contribution < -0.4 is 20.1 Å². The zero-order valence-corrected chi connectivity index (χ0v) is 16.7. The molecule has 2 N–H and O–H groups in total. The topological polar surface area (TPSA) is 83.4 Å². The van der Waals surface area contributed by atoms with Gasteiger partial charge in [-0.05, 0) is 48.7 Å². The van der Waals surface area contributed by atoms with Gasteiger partial charge in [0, 0.05) is 12.7 Å². The van der Waals surface area contributed by atoms with Crippen LogP contribution in [0.5, 0.6) is 11.5 Å². The summed E-state index contributed by atoms with van der Waals surface area (Å²) < 4.78 is 23.4. The van der Waals surface area contributed by atoms with Crippen molar-refractivity contribution in [1.29, 1.82) is 5.26 Å². The molecule has 0 heterocycles. The number of nitrogens with zero attached hydrogens (tertiary/aromatic N) is 1. The summed E-state index contributed by atoms with van der Waals surface area (Å²) in [6.07, 6.45) is 2.03. The minimum Gasteiger partial charge on any atom is -0.493 e. The van der Waals surface area contributed by atoms with Gasteiger partial charge in [-0.3, -0.25) is 4.79 Å². The molecular formula is C22H24FN3O3. The third-order valence-corrected chi connectivity index (χ3v) is 4.34. The van der Waals surface area contributed by atoms with Gasteiger partial charge in [-0.1, -0.05) is 18.2 Å². The summed E-state index contributed by atoms with van der Waals surface area (Å²) in [4.78, 5) is 12.4. The van der Waals surface area contributed by atoms with E-state index in [4.69, 9.17) is 9.47 Å². The van der Waals surface area contributed by atoms with E-state index in [-0.39, 0.29) is 17.4 Å². The standard InChI is InChI=1S/C22H24FN3O3/c1-15(17-6-9-20(28-2)21(12-17)29-3)26-22(27)18(13-24)14-25-11-10-16-4-7-19(23)8-5-16/h4-9,12,14-15,25H,10-11H2,1-3H3,(H,26,27)/b18-14-. The molecule has 1 unspecified atom stereocenters. The lowest BCUT2D eigenvalue weighted by Gasteiger charge is -2.16. The molecule has 6 nitrogen and oxygen atoms in total. The summed E-state index contributed by atoms with van der Waals surface area (Å²) in [5.74, 6) is 0.389. The SMILES string of the molecule is COc1ccc(C(C)NC(=O)/C(C#N)=C\NCCc2ccc(F)cc2)cc1OC. The highest BCUT2D eigenvalue weighted by atomic mass is 19.1. The second-order valence-electron chi connectivity index (χ2n) is 6.31. The Morgan fingerprint density at radius 3 is 2.48 bits per heavy atom. The van der Waals surface area contributed by atoms with E-state index in [0.717, 1.165) is 11.1 Å². The normalized spacial score (nSPS) is 11.9. The van der Waals surface area contributed by atoms with Gasteiger partial charge in [-0.25, -0.2) is 4.39 Å². The van der Waals surface area contributed by atoms with Gasteiger partial charge in [0.25, 0.3) is 5.91 Å². The van der Waals surface area contributed by atoms with Gasteiger partial charge in [0.05, 0.1) is 20.3 Å². The molecule has 2 aromatic carbocycles. The first-order valence-electron chi connectivity index (χ1n) is 9.09. The molecule has 0 saturated carbocycles. The smallest absolute Gasteiger partial charge is 0.263 e. The number of hydrogen-bond donors (Lipinski definition) is 2. The summed E-state index contributed by atoms with van der Waals surface area (Å²) >= 11 is 0. The summed E-state index contributed by atoms with van der Waals surface area (Å²) in [6, 6.07) is 13.1.